The molecule has 4 heteroatoms. The molecule has 0 bridgehead atoms. The maximum absolute atomic E-state index is 11.0. The van der Waals surface area contributed by atoms with Crippen molar-refractivity contribution >= 4 is 11.0 Å². The number of nitrogens with zero attached hydrogens (tertiary/aromatic N) is 3. The summed E-state index contributed by atoms with van der Waals surface area (Å²) in [6.45, 7) is 6.52. The second-order valence-corrected chi connectivity index (χ2v) is 7.51. The first-order valence-electron chi connectivity index (χ1n) is 10.3. The zero-order valence-corrected chi connectivity index (χ0v) is 16.8. The topological polar surface area (TPSA) is 50.9 Å². The molecule has 1 heterocycles. The summed E-state index contributed by atoms with van der Waals surface area (Å²) in [4.78, 5) is 1.57. The molecule has 144 valence electrons. The highest BCUT2D eigenvalue weighted by Crippen LogP contribution is 2.37. The van der Waals surface area contributed by atoms with Gasteiger partial charge in [0.2, 0.25) is 0 Å². The number of hydrogen-bond donors (Lipinski definition) is 1. The monoisotopic (exact) mass is 365 g/mol. The minimum atomic E-state index is 0.321. The minimum Gasteiger partial charge on any atom is -0.505 e. The predicted molar refractivity (Wildman–Crippen MR) is 112 cm³/mol. The number of aromatic hydroxyl groups is 1. The Labute approximate surface area is 162 Å². The molecule has 1 aromatic heterocycles. The van der Waals surface area contributed by atoms with Crippen LogP contribution < -0.4 is 0 Å². The molecule has 4 nitrogen and oxygen atoms in total. The summed E-state index contributed by atoms with van der Waals surface area (Å²) in [6.07, 6.45) is 8.52. The molecule has 0 saturated heterocycles. The third-order valence-corrected chi connectivity index (χ3v) is 5.35. The van der Waals surface area contributed by atoms with Crippen molar-refractivity contribution in [1.82, 2.24) is 15.0 Å². The van der Waals surface area contributed by atoms with Crippen molar-refractivity contribution in [3.63, 3.8) is 0 Å². The number of hydrogen-bond acceptors (Lipinski definition) is 3. The van der Waals surface area contributed by atoms with Crippen LogP contribution in [0.25, 0.3) is 16.7 Å². The van der Waals surface area contributed by atoms with Gasteiger partial charge in [-0.05, 0) is 55.0 Å². The van der Waals surface area contributed by atoms with Gasteiger partial charge in [-0.25, -0.2) is 0 Å². The number of aromatic nitrogens is 3. The molecule has 0 aliphatic carbocycles. The van der Waals surface area contributed by atoms with Crippen LogP contribution in [0.4, 0.5) is 0 Å². The maximum atomic E-state index is 11.0. The van der Waals surface area contributed by atoms with E-state index in [0.717, 1.165) is 35.0 Å². The fraction of sp³-hybridized carbons (Fsp3) is 0.478. The fourth-order valence-electron chi connectivity index (χ4n) is 3.79. The fourth-order valence-corrected chi connectivity index (χ4v) is 3.79. The lowest BCUT2D eigenvalue weighted by Crippen LogP contribution is -2.05. The molecular weight excluding hydrogens is 334 g/mol. The molecule has 0 amide bonds. The molecule has 3 aromatic rings. The molecule has 0 aliphatic heterocycles. The Morgan fingerprint density at radius 1 is 0.963 bits per heavy atom. The van der Waals surface area contributed by atoms with Crippen molar-refractivity contribution in [2.45, 2.75) is 71.6 Å². The SMILES string of the molecule is CCCCCCCC(CC)c1cc(C)cc(-n2nc3ccccc3n2)c1O. The average molecular weight is 366 g/mol. The zero-order valence-electron chi connectivity index (χ0n) is 16.8. The molecule has 27 heavy (non-hydrogen) atoms. The molecular formula is C23H31N3O. The van der Waals surface area contributed by atoms with E-state index in [-0.39, 0.29) is 0 Å². The van der Waals surface area contributed by atoms with E-state index in [1.165, 1.54) is 32.1 Å². The molecule has 2 aromatic carbocycles. The van der Waals surface area contributed by atoms with E-state index in [9.17, 15) is 5.11 Å². The number of aryl methyl sites for hydroxylation is 1. The van der Waals surface area contributed by atoms with Crippen LogP contribution in [0, 0.1) is 6.92 Å². The highest BCUT2D eigenvalue weighted by molar-refractivity contribution is 5.73. The summed E-state index contributed by atoms with van der Waals surface area (Å²) in [5.41, 5.74) is 4.50. The molecule has 0 fully saturated rings. The third-order valence-electron chi connectivity index (χ3n) is 5.35. The Kier molecular flexibility index (Phi) is 6.49. The van der Waals surface area contributed by atoms with Crippen LogP contribution in [0.2, 0.25) is 0 Å². The van der Waals surface area contributed by atoms with E-state index < -0.39 is 0 Å². The largest absolute Gasteiger partial charge is 0.505 e. The lowest BCUT2D eigenvalue weighted by Gasteiger charge is -2.19. The van der Waals surface area contributed by atoms with E-state index >= 15 is 0 Å². The van der Waals surface area contributed by atoms with Crippen LogP contribution in [0.1, 0.15) is 75.8 Å². The molecule has 1 unspecified atom stereocenters. The second kappa shape index (κ2) is 9.03. The van der Waals surface area contributed by atoms with Gasteiger partial charge >= 0.3 is 0 Å². The first-order chi connectivity index (χ1) is 13.1. The molecule has 3 rings (SSSR count). The van der Waals surface area contributed by atoms with Gasteiger partial charge in [0.1, 0.15) is 22.5 Å². The Morgan fingerprint density at radius 2 is 1.63 bits per heavy atom. The smallest absolute Gasteiger partial charge is 0.146 e. The summed E-state index contributed by atoms with van der Waals surface area (Å²) in [5.74, 6) is 0.691. The van der Waals surface area contributed by atoms with E-state index in [2.05, 4.69) is 37.0 Å². The van der Waals surface area contributed by atoms with Crippen LogP contribution in [0.5, 0.6) is 5.75 Å². The second-order valence-electron chi connectivity index (χ2n) is 7.51. The highest BCUT2D eigenvalue weighted by atomic mass is 16.3. The first kappa shape index (κ1) is 19.4. The van der Waals surface area contributed by atoms with Gasteiger partial charge < -0.3 is 5.11 Å². The Bertz CT molecular complexity index is 851. The highest BCUT2D eigenvalue weighted by Gasteiger charge is 2.19. The van der Waals surface area contributed by atoms with Crippen molar-refractivity contribution in [2.24, 2.45) is 0 Å². The molecule has 0 spiro atoms. The lowest BCUT2D eigenvalue weighted by molar-refractivity contribution is 0.443. The van der Waals surface area contributed by atoms with Gasteiger partial charge in [0, 0.05) is 0 Å². The van der Waals surface area contributed by atoms with Crippen molar-refractivity contribution < 1.29 is 5.11 Å². The van der Waals surface area contributed by atoms with Crippen LogP contribution >= 0.6 is 0 Å². The number of rotatable bonds is 9. The van der Waals surface area contributed by atoms with E-state index in [1.807, 2.05) is 30.3 Å². The van der Waals surface area contributed by atoms with Crippen molar-refractivity contribution in [3.8, 4) is 11.4 Å². The number of phenols is 1. The van der Waals surface area contributed by atoms with Gasteiger partial charge in [0.25, 0.3) is 0 Å². The van der Waals surface area contributed by atoms with Gasteiger partial charge in [0.15, 0.2) is 0 Å². The van der Waals surface area contributed by atoms with Crippen LogP contribution in [-0.2, 0) is 0 Å². The summed E-state index contributed by atoms with van der Waals surface area (Å²) in [5, 5.41) is 20.1. The van der Waals surface area contributed by atoms with Crippen LogP contribution in [0.3, 0.4) is 0 Å². The van der Waals surface area contributed by atoms with Gasteiger partial charge in [-0.2, -0.15) is 0 Å². The summed E-state index contributed by atoms with van der Waals surface area (Å²) in [6, 6.07) is 11.9. The van der Waals surface area contributed by atoms with E-state index in [4.69, 9.17) is 0 Å². The standard InChI is InChI=1S/C23H31N3O/c1-4-6-7-8-9-12-18(5-2)19-15-17(3)16-22(23(19)27)26-24-20-13-10-11-14-21(20)25-26/h10-11,13-16,18,27H,4-9,12H2,1-3H3. The van der Waals surface area contributed by atoms with Crippen molar-refractivity contribution in [3.05, 3.63) is 47.5 Å². The number of unbranched alkanes of at least 4 members (excludes halogenated alkanes) is 4. The van der Waals surface area contributed by atoms with Gasteiger partial charge in [-0.15, -0.1) is 15.0 Å². The molecule has 0 aliphatic rings. The Morgan fingerprint density at radius 3 is 2.26 bits per heavy atom. The van der Waals surface area contributed by atoms with Crippen molar-refractivity contribution in [1.29, 1.82) is 0 Å². The first-order valence-corrected chi connectivity index (χ1v) is 10.3. The molecule has 1 N–H and O–H groups in total. The molecule has 1 atom stereocenters. The van der Waals surface area contributed by atoms with Gasteiger partial charge in [0.05, 0.1) is 0 Å². The quantitative estimate of drug-likeness (QED) is 0.453. The van der Waals surface area contributed by atoms with E-state index in [0.29, 0.717) is 17.4 Å². The Balaban J connectivity index is 1.87. The Hall–Kier alpha value is -2.36. The average Bonchev–Trinajstić information content (AvgIpc) is 3.10. The third kappa shape index (κ3) is 4.49. The maximum Gasteiger partial charge on any atom is 0.146 e. The van der Waals surface area contributed by atoms with Crippen molar-refractivity contribution in [2.75, 3.05) is 0 Å². The van der Waals surface area contributed by atoms with Crippen LogP contribution in [0.15, 0.2) is 36.4 Å². The zero-order chi connectivity index (χ0) is 19.2. The normalized spacial score (nSPS) is 12.6. The number of phenolic OH excluding ortho intramolecular Hbond substituents is 1. The van der Waals surface area contributed by atoms with Gasteiger partial charge in [-0.1, -0.05) is 64.2 Å². The summed E-state index contributed by atoms with van der Waals surface area (Å²) in [7, 11) is 0. The summed E-state index contributed by atoms with van der Waals surface area (Å²) < 4.78 is 0. The lowest BCUT2D eigenvalue weighted by atomic mass is 9.88. The molecule has 0 saturated carbocycles. The van der Waals surface area contributed by atoms with E-state index in [1.54, 1.807) is 4.80 Å². The molecule has 0 radical (unpaired) electrons. The summed E-state index contributed by atoms with van der Waals surface area (Å²) >= 11 is 0. The van der Waals surface area contributed by atoms with Gasteiger partial charge in [-0.3, -0.25) is 0 Å². The number of fused-ring (bicyclic) bond motifs is 1. The number of benzene rings is 2. The predicted octanol–water partition coefficient (Wildman–Crippen LogP) is 6.29. The van der Waals surface area contributed by atoms with Crippen LogP contribution in [-0.4, -0.2) is 20.1 Å². The minimum absolute atomic E-state index is 0.321.